The standard InChI is InChI=1S/C18H19N3O2S/c1-12-7-13(2)15-9-14(10-19)18(20-16(15)8-12)24-11-17(22)21-3-5-23-6-4-21/h7-9H,3-6,11H2,1-2H3. The second-order valence-electron chi connectivity index (χ2n) is 5.88. The second-order valence-corrected chi connectivity index (χ2v) is 6.85. The van der Waals surface area contributed by atoms with Gasteiger partial charge in [0.1, 0.15) is 11.1 Å². The van der Waals surface area contributed by atoms with Crippen LogP contribution in [0.25, 0.3) is 10.9 Å². The first-order chi connectivity index (χ1) is 11.6. The number of pyridine rings is 1. The number of fused-ring (bicyclic) bond motifs is 1. The van der Waals surface area contributed by atoms with Crippen molar-refractivity contribution in [2.75, 3.05) is 32.1 Å². The number of ether oxygens (including phenoxy) is 1. The van der Waals surface area contributed by atoms with E-state index in [-0.39, 0.29) is 11.7 Å². The van der Waals surface area contributed by atoms with Gasteiger partial charge in [0.25, 0.3) is 0 Å². The number of carbonyl (C=O) groups is 1. The van der Waals surface area contributed by atoms with E-state index in [4.69, 9.17) is 4.74 Å². The molecule has 1 aromatic carbocycles. The van der Waals surface area contributed by atoms with Gasteiger partial charge < -0.3 is 9.64 Å². The number of aryl methyl sites for hydroxylation is 2. The SMILES string of the molecule is Cc1cc(C)c2cc(C#N)c(SCC(=O)N3CCOCC3)nc2c1. The fourth-order valence-electron chi connectivity index (χ4n) is 2.84. The minimum atomic E-state index is 0.0644. The lowest BCUT2D eigenvalue weighted by Crippen LogP contribution is -2.41. The van der Waals surface area contributed by atoms with Crippen molar-refractivity contribution >= 4 is 28.6 Å². The van der Waals surface area contributed by atoms with Gasteiger partial charge in [-0.25, -0.2) is 4.98 Å². The molecule has 1 aromatic heterocycles. The molecule has 0 radical (unpaired) electrons. The first-order valence-corrected chi connectivity index (χ1v) is 8.87. The Labute approximate surface area is 145 Å². The number of morpholine rings is 1. The van der Waals surface area contributed by atoms with Crippen LogP contribution in [0.4, 0.5) is 0 Å². The topological polar surface area (TPSA) is 66.2 Å². The number of thioether (sulfide) groups is 1. The second kappa shape index (κ2) is 7.20. The van der Waals surface area contributed by atoms with E-state index in [2.05, 4.69) is 17.1 Å². The van der Waals surface area contributed by atoms with Crippen molar-refractivity contribution in [1.29, 1.82) is 5.26 Å². The molecule has 3 rings (SSSR count). The maximum absolute atomic E-state index is 12.3. The van der Waals surface area contributed by atoms with Gasteiger partial charge in [-0.15, -0.1) is 0 Å². The summed E-state index contributed by atoms with van der Waals surface area (Å²) in [5.41, 5.74) is 3.63. The molecular formula is C18H19N3O2S. The Morgan fingerprint density at radius 3 is 2.79 bits per heavy atom. The number of carbonyl (C=O) groups excluding carboxylic acids is 1. The summed E-state index contributed by atoms with van der Waals surface area (Å²) in [5, 5.41) is 11.0. The molecule has 0 spiro atoms. The Morgan fingerprint density at radius 1 is 1.33 bits per heavy atom. The highest BCUT2D eigenvalue weighted by Gasteiger charge is 2.18. The van der Waals surface area contributed by atoms with E-state index in [0.29, 0.717) is 36.9 Å². The summed E-state index contributed by atoms with van der Waals surface area (Å²) in [4.78, 5) is 18.7. The number of hydrogen-bond acceptors (Lipinski definition) is 5. The van der Waals surface area contributed by atoms with Crippen molar-refractivity contribution in [2.45, 2.75) is 18.9 Å². The molecule has 0 bridgehead atoms. The van der Waals surface area contributed by atoms with Crippen LogP contribution in [0.15, 0.2) is 23.2 Å². The molecule has 1 amide bonds. The first kappa shape index (κ1) is 16.7. The Morgan fingerprint density at radius 2 is 2.08 bits per heavy atom. The fraction of sp³-hybridized carbons (Fsp3) is 0.389. The van der Waals surface area contributed by atoms with Crippen LogP contribution in [0.3, 0.4) is 0 Å². The highest BCUT2D eigenvalue weighted by atomic mass is 32.2. The first-order valence-electron chi connectivity index (χ1n) is 7.89. The van der Waals surface area contributed by atoms with E-state index >= 15 is 0 Å². The van der Waals surface area contributed by atoms with Crippen molar-refractivity contribution in [3.05, 3.63) is 34.9 Å². The molecule has 1 aliphatic heterocycles. The van der Waals surface area contributed by atoms with Gasteiger partial charge in [0, 0.05) is 18.5 Å². The van der Waals surface area contributed by atoms with Gasteiger partial charge in [0.05, 0.1) is 30.0 Å². The Balaban J connectivity index is 1.83. The van der Waals surface area contributed by atoms with Gasteiger partial charge in [0.15, 0.2) is 0 Å². The minimum Gasteiger partial charge on any atom is -0.378 e. The van der Waals surface area contributed by atoms with E-state index in [9.17, 15) is 10.1 Å². The predicted octanol–water partition coefficient (Wildman–Crippen LogP) is 2.67. The van der Waals surface area contributed by atoms with E-state index in [1.807, 2.05) is 26.0 Å². The monoisotopic (exact) mass is 341 g/mol. The summed E-state index contributed by atoms with van der Waals surface area (Å²) in [7, 11) is 0. The summed E-state index contributed by atoms with van der Waals surface area (Å²) in [6.45, 7) is 6.50. The van der Waals surface area contributed by atoms with Crippen LogP contribution in [0.1, 0.15) is 16.7 Å². The smallest absolute Gasteiger partial charge is 0.233 e. The highest BCUT2D eigenvalue weighted by Crippen LogP contribution is 2.27. The predicted molar refractivity (Wildman–Crippen MR) is 94.1 cm³/mol. The molecule has 0 N–H and O–H groups in total. The van der Waals surface area contributed by atoms with Gasteiger partial charge in [-0.2, -0.15) is 5.26 Å². The average molecular weight is 341 g/mol. The molecule has 1 aliphatic rings. The third-order valence-corrected chi connectivity index (χ3v) is 5.04. The fourth-order valence-corrected chi connectivity index (χ4v) is 3.70. The number of nitriles is 1. The van der Waals surface area contributed by atoms with Gasteiger partial charge >= 0.3 is 0 Å². The van der Waals surface area contributed by atoms with Crippen molar-refractivity contribution < 1.29 is 9.53 Å². The molecule has 0 unspecified atom stereocenters. The molecule has 124 valence electrons. The lowest BCUT2D eigenvalue weighted by molar-refractivity contribution is -0.132. The summed E-state index contributed by atoms with van der Waals surface area (Å²) < 4.78 is 5.26. The zero-order valence-electron chi connectivity index (χ0n) is 13.8. The molecule has 0 atom stereocenters. The molecule has 2 heterocycles. The molecular weight excluding hydrogens is 322 g/mol. The van der Waals surface area contributed by atoms with Crippen LogP contribution in [-0.2, 0) is 9.53 Å². The van der Waals surface area contributed by atoms with Gasteiger partial charge in [-0.1, -0.05) is 17.8 Å². The zero-order valence-corrected chi connectivity index (χ0v) is 14.7. The quantitative estimate of drug-likeness (QED) is 0.803. The number of rotatable bonds is 3. The summed E-state index contributed by atoms with van der Waals surface area (Å²) in [6.07, 6.45) is 0. The maximum atomic E-state index is 12.3. The van der Waals surface area contributed by atoms with Gasteiger partial charge in [-0.3, -0.25) is 4.79 Å². The molecule has 0 saturated carbocycles. The van der Waals surface area contributed by atoms with E-state index in [0.717, 1.165) is 22.0 Å². The molecule has 6 heteroatoms. The van der Waals surface area contributed by atoms with Crippen molar-refractivity contribution in [3.8, 4) is 6.07 Å². The van der Waals surface area contributed by atoms with Crippen LogP contribution in [0, 0.1) is 25.2 Å². The van der Waals surface area contributed by atoms with Crippen molar-refractivity contribution in [1.82, 2.24) is 9.88 Å². The minimum absolute atomic E-state index is 0.0644. The highest BCUT2D eigenvalue weighted by molar-refractivity contribution is 8.00. The lowest BCUT2D eigenvalue weighted by atomic mass is 10.1. The van der Waals surface area contributed by atoms with Crippen molar-refractivity contribution in [2.24, 2.45) is 0 Å². The Kier molecular flexibility index (Phi) is 5.03. The van der Waals surface area contributed by atoms with E-state index < -0.39 is 0 Å². The Hall–Kier alpha value is -2.10. The molecule has 2 aromatic rings. The molecule has 1 fully saturated rings. The summed E-state index contributed by atoms with van der Waals surface area (Å²) in [5.74, 6) is 0.354. The number of aromatic nitrogens is 1. The number of amides is 1. The van der Waals surface area contributed by atoms with Crippen LogP contribution < -0.4 is 0 Å². The average Bonchev–Trinajstić information content (AvgIpc) is 2.59. The number of benzene rings is 1. The van der Waals surface area contributed by atoms with E-state index in [1.165, 1.54) is 11.8 Å². The van der Waals surface area contributed by atoms with Crippen LogP contribution >= 0.6 is 11.8 Å². The largest absolute Gasteiger partial charge is 0.378 e. The van der Waals surface area contributed by atoms with Gasteiger partial charge in [-0.05, 0) is 37.1 Å². The molecule has 24 heavy (non-hydrogen) atoms. The number of hydrogen-bond donors (Lipinski definition) is 0. The maximum Gasteiger partial charge on any atom is 0.233 e. The summed E-state index contributed by atoms with van der Waals surface area (Å²) in [6, 6.07) is 8.17. The van der Waals surface area contributed by atoms with Crippen LogP contribution in [0.5, 0.6) is 0 Å². The van der Waals surface area contributed by atoms with Gasteiger partial charge in [0.2, 0.25) is 5.91 Å². The van der Waals surface area contributed by atoms with Crippen LogP contribution in [-0.4, -0.2) is 47.8 Å². The van der Waals surface area contributed by atoms with Crippen LogP contribution in [0.2, 0.25) is 0 Å². The number of nitrogens with zero attached hydrogens (tertiary/aromatic N) is 3. The van der Waals surface area contributed by atoms with E-state index in [1.54, 1.807) is 4.90 Å². The third kappa shape index (κ3) is 3.53. The molecule has 0 aliphatic carbocycles. The Bertz CT molecular complexity index is 823. The third-order valence-electron chi connectivity index (χ3n) is 4.07. The zero-order chi connectivity index (χ0) is 17.1. The summed E-state index contributed by atoms with van der Waals surface area (Å²) >= 11 is 1.33. The molecule has 1 saturated heterocycles. The normalized spacial score (nSPS) is 14.6. The molecule has 5 nitrogen and oxygen atoms in total. The van der Waals surface area contributed by atoms with Crippen molar-refractivity contribution in [3.63, 3.8) is 0 Å². The lowest BCUT2D eigenvalue weighted by Gasteiger charge is -2.26.